The number of hydrogen-bond donors (Lipinski definition) is 2. The topological polar surface area (TPSA) is 93.1 Å². The van der Waals surface area contributed by atoms with Gasteiger partial charge in [0.1, 0.15) is 0 Å². The molecule has 0 atom stereocenters. The Kier molecular flexibility index (Phi) is 6.06. The first-order valence-corrected chi connectivity index (χ1v) is 4.50. The molecule has 6 nitrogen and oxygen atoms in total. The van der Waals surface area contributed by atoms with Gasteiger partial charge in [0.05, 0.1) is 6.61 Å². The average molecular weight is 230 g/mol. The van der Waals surface area contributed by atoms with Gasteiger partial charge in [-0.05, 0) is 6.42 Å². The fraction of sp³-hybridized carbons (Fsp3) is 0.400. The lowest BCUT2D eigenvalue weighted by Gasteiger charge is -2.20. The van der Waals surface area contributed by atoms with Gasteiger partial charge in [-0.3, -0.25) is 0 Å². The number of aliphatic hydroxyl groups is 2. The fourth-order valence-corrected chi connectivity index (χ4v) is 0.788. The van der Waals surface area contributed by atoms with Crippen molar-refractivity contribution in [3.63, 3.8) is 0 Å². The molecular weight excluding hydrogens is 216 g/mol. The molecule has 0 aromatic heterocycles. The molecule has 0 aliphatic rings. The molecule has 2 N–H and O–H groups in total. The Balaban J connectivity index is 3.81. The van der Waals surface area contributed by atoms with Crippen LogP contribution in [0, 0.1) is 0 Å². The van der Waals surface area contributed by atoms with Crippen LogP contribution in [0.5, 0.6) is 0 Å². The maximum absolute atomic E-state index is 10.7. The van der Waals surface area contributed by atoms with Crippen molar-refractivity contribution in [1.29, 1.82) is 0 Å². The van der Waals surface area contributed by atoms with Crippen LogP contribution in [0.2, 0.25) is 0 Å². The molecule has 0 rings (SSSR count). The summed E-state index contributed by atoms with van der Waals surface area (Å²) < 4.78 is 8.79. The van der Waals surface area contributed by atoms with E-state index in [9.17, 15) is 9.59 Å². The predicted molar refractivity (Wildman–Crippen MR) is 53.8 cm³/mol. The van der Waals surface area contributed by atoms with Crippen LogP contribution >= 0.6 is 0 Å². The van der Waals surface area contributed by atoms with Crippen molar-refractivity contribution in [2.24, 2.45) is 0 Å². The summed E-state index contributed by atoms with van der Waals surface area (Å²) in [6.45, 7) is 6.25. The second kappa shape index (κ2) is 6.76. The molecule has 0 aliphatic heterocycles. The summed E-state index contributed by atoms with van der Waals surface area (Å²) in [6, 6.07) is 0. The van der Waals surface area contributed by atoms with E-state index in [2.05, 4.69) is 22.6 Å². The first-order chi connectivity index (χ1) is 7.41. The third-order valence-electron chi connectivity index (χ3n) is 1.49. The van der Waals surface area contributed by atoms with E-state index < -0.39 is 17.9 Å². The Hall–Kier alpha value is -1.66. The predicted octanol–water partition coefficient (Wildman–Crippen LogP) is -0.137. The molecule has 0 radical (unpaired) electrons. The second-order valence-electron chi connectivity index (χ2n) is 2.84. The first kappa shape index (κ1) is 14.3. The molecule has 0 heterocycles. The summed E-state index contributed by atoms with van der Waals surface area (Å²) in [6.07, 6.45) is 1.63. The molecule has 0 spiro atoms. The number of hydrogen-bond acceptors (Lipinski definition) is 6. The van der Waals surface area contributed by atoms with Gasteiger partial charge in [0, 0.05) is 18.6 Å². The van der Waals surface area contributed by atoms with E-state index in [1.165, 1.54) is 0 Å². The van der Waals surface area contributed by atoms with Crippen LogP contribution in [0.25, 0.3) is 0 Å². The highest BCUT2D eigenvalue weighted by Crippen LogP contribution is 2.11. The average Bonchev–Trinajstić information content (AvgIpc) is 2.23. The summed E-state index contributed by atoms with van der Waals surface area (Å²) in [5, 5.41) is 18.3. The van der Waals surface area contributed by atoms with E-state index in [1.807, 2.05) is 0 Å². The molecule has 0 fully saturated rings. The zero-order chi connectivity index (χ0) is 12.6. The Morgan fingerprint density at radius 1 is 1.19 bits per heavy atom. The molecule has 0 aromatic rings. The first-order valence-electron chi connectivity index (χ1n) is 4.50. The van der Waals surface area contributed by atoms with Crippen molar-refractivity contribution in [1.82, 2.24) is 0 Å². The minimum absolute atomic E-state index is 0.0284. The Morgan fingerprint density at radius 2 is 1.75 bits per heavy atom. The van der Waals surface area contributed by atoms with Crippen molar-refractivity contribution in [2.45, 2.75) is 18.8 Å². The summed E-state index contributed by atoms with van der Waals surface area (Å²) in [4.78, 5) is 21.3. The lowest BCUT2D eigenvalue weighted by atomic mass is 10.3. The van der Waals surface area contributed by atoms with Gasteiger partial charge in [0.2, 0.25) is 0 Å². The highest BCUT2D eigenvalue weighted by atomic mass is 16.8. The number of rotatable bonds is 7. The Morgan fingerprint density at radius 3 is 2.25 bits per heavy atom. The quantitative estimate of drug-likeness (QED) is 0.274. The molecule has 0 bridgehead atoms. The SMILES string of the molecule is C=CC(=O)OCCCC(O)(O)OC(=O)C=C. The maximum atomic E-state index is 10.7. The minimum atomic E-state index is -2.58. The molecular formula is C10H14O6. The van der Waals surface area contributed by atoms with Gasteiger partial charge in [-0.25, -0.2) is 9.59 Å². The molecule has 16 heavy (non-hydrogen) atoms. The van der Waals surface area contributed by atoms with Crippen LogP contribution in [-0.4, -0.2) is 34.7 Å². The van der Waals surface area contributed by atoms with Gasteiger partial charge >= 0.3 is 17.9 Å². The Bertz CT molecular complexity index is 281. The molecule has 0 aliphatic carbocycles. The molecule has 0 saturated carbocycles. The smallest absolute Gasteiger partial charge is 0.334 e. The van der Waals surface area contributed by atoms with E-state index in [0.717, 1.165) is 12.2 Å². The second-order valence-corrected chi connectivity index (χ2v) is 2.84. The highest BCUT2D eigenvalue weighted by Gasteiger charge is 2.26. The molecule has 0 saturated heterocycles. The molecule has 90 valence electrons. The van der Waals surface area contributed by atoms with Gasteiger partial charge in [-0.1, -0.05) is 13.2 Å². The molecule has 0 aromatic carbocycles. The van der Waals surface area contributed by atoms with Crippen molar-refractivity contribution >= 4 is 11.9 Å². The fourth-order valence-electron chi connectivity index (χ4n) is 0.788. The molecule has 6 heteroatoms. The van der Waals surface area contributed by atoms with Crippen LogP contribution in [0.4, 0.5) is 0 Å². The number of carbonyl (C=O) groups excluding carboxylic acids is 2. The van der Waals surface area contributed by atoms with E-state index in [0.29, 0.717) is 0 Å². The van der Waals surface area contributed by atoms with Crippen LogP contribution in [0.15, 0.2) is 25.3 Å². The zero-order valence-electron chi connectivity index (χ0n) is 8.72. The van der Waals surface area contributed by atoms with Gasteiger partial charge < -0.3 is 19.7 Å². The third-order valence-corrected chi connectivity index (χ3v) is 1.49. The van der Waals surface area contributed by atoms with Gasteiger partial charge in [-0.2, -0.15) is 0 Å². The number of carbonyl (C=O) groups is 2. The van der Waals surface area contributed by atoms with Gasteiger partial charge in [0.15, 0.2) is 0 Å². The largest absolute Gasteiger partial charge is 0.463 e. The normalized spacial score (nSPS) is 10.4. The van der Waals surface area contributed by atoms with Crippen molar-refractivity contribution in [3.05, 3.63) is 25.3 Å². The van der Waals surface area contributed by atoms with E-state index in [-0.39, 0.29) is 19.4 Å². The third kappa shape index (κ3) is 6.74. The van der Waals surface area contributed by atoms with Crippen LogP contribution in [-0.2, 0) is 19.1 Å². The minimum Gasteiger partial charge on any atom is -0.463 e. The van der Waals surface area contributed by atoms with Crippen molar-refractivity contribution in [3.8, 4) is 0 Å². The number of ether oxygens (including phenoxy) is 2. The maximum Gasteiger partial charge on any atom is 0.334 e. The van der Waals surface area contributed by atoms with Gasteiger partial charge in [0.25, 0.3) is 0 Å². The lowest BCUT2D eigenvalue weighted by Crippen LogP contribution is -2.34. The van der Waals surface area contributed by atoms with Crippen molar-refractivity contribution < 1.29 is 29.3 Å². The standard InChI is InChI=1S/C10H14O6/c1-3-8(11)15-7-5-6-10(13,14)16-9(12)4-2/h3-4,13-14H,1-2,5-7H2. The summed E-state index contributed by atoms with van der Waals surface area (Å²) in [7, 11) is 0. The van der Waals surface area contributed by atoms with E-state index in [1.54, 1.807) is 0 Å². The van der Waals surface area contributed by atoms with Crippen LogP contribution < -0.4 is 0 Å². The van der Waals surface area contributed by atoms with Gasteiger partial charge in [-0.15, -0.1) is 0 Å². The van der Waals surface area contributed by atoms with Crippen LogP contribution in [0.1, 0.15) is 12.8 Å². The lowest BCUT2D eigenvalue weighted by molar-refractivity contribution is -0.320. The zero-order valence-corrected chi connectivity index (χ0v) is 8.72. The molecule has 0 amide bonds. The summed E-state index contributed by atoms with van der Waals surface area (Å²) >= 11 is 0. The van der Waals surface area contributed by atoms with Crippen LogP contribution in [0.3, 0.4) is 0 Å². The highest BCUT2D eigenvalue weighted by molar-refractivity contribution is 5.81. The van der Waals surface area contributed by atoms with E-state index in [4.69, 9.17) is 10.2 Å². The molecule has 0 unspecified atom stereocenters. The summed E-state index contributed by atoms with van der Waals surface area (Å²) in [5.74, 6) is -4.14. The monoisotopic (exact) mass is 230 g/mol. The Labute approximate surface area is 92.8 Å². The summed E-state index contributed by atoms with van der Waals surface area (Å²) in [5.41, 5.74) is 0. The number of esters is 2. The van der Waals surface area contributed by atoms with Crippen molar-refractivity contribution in [2.75, 3.05) is 6.61 Å². The van der Waals surface area contributed by atoms with E-state index >= 15 is 0 Å².